The molecule has 1 atom stereocenters. The van der Waals surface area contributed by atoms with E-state index in [0.717, 1.165) is 10.3 Å². The van der Waals surface area contributed by atoms with E-state index in [4.69, 9.17) is 28.7 Å². The summed E-state index contributed by atoms with van der Waals surface area (Å²) in [6, 6.07) is 24.4. The molecule has 2 aliphatic rings. The van der Waals surface area contributed by atoms with E-state index in [0.29, 0.717) is 83.6 Å². The van der Waals surface area contributed by atoms with Gasteiger partial charge in [-0.1, -0.05) is 47.7 Å². The Kier molecular flexibility index (Phi) is 8.60. The predicted octanol–water partition coefficient (Wildman–Crippen LogP) is 7.07. The van der Waals surface area contributed by atoms with E-state index in [9.17, 15) is 14.7 Å². The fraction of sp³-hybridized carbons (Fsp3) is 0.216. The monoisotopic (exact) mass is 664 g/mol. The van der Waals surface area contributed by atoms with Crippen LogP contribution in [0.15, 0.2) is 90.5 Å². The van der Waals surface area contributed by atoms with Gasteiger partial charge in [0.05, 0.1) is 35.0 Å². The molecule has 1 saturated heterocycles. The number of carbonyl (C=O) groups is 2. The average Bonchev–Trinajstić information content (AvgIpc) is 3.65. The van der Waals surface area contributed by atoms with Gasteiger partial charge < -0.3 is 28.8 Å². The van der Waals surface area contributed by atoms with Gasteiger partial charge in [-0.25, -0.2) is 4.98 Å². The molecule has 0 bridgehead atoms. The number of hydrogen-bond donors (Lipinski definition) is 1. The van der Waals surface area contributed by atoms with E-state index >= 15 is 0 Å². The van der Waals surface area contributed by atoms with Crippen LogP contribution in [-0.2, 0) is 16.2 Å². The molecule has 0 radical (unpaired) electrons. The molecule has 1 amide bonds. The van der Waals surface area contributed by atoms with Gasteiger partial charge in [0.25, 0.3) is 5.78 Å². The third kappa shape index (κ3) is 5.88. The zero-order chi connectivity index (χ0) is 33.2. The third-order valence-corrected chi connectivity index (χ3v) is 8.96. The molecule has 244 valence electrons. The summed E-state index contributed by atoms with van der Waals surface area (Å²) < 4.78 is 29.9. The van der Waals surface area contributed by atoms with Crippen molar-refractivity contribution < 1.29 is 38.4 Å². The average molecular weight is 665 g/mol. The molecule has 4 aromatic carbocycles. The number of aliphatic hydroxyl groups is 1. The number of aromatic nitrogens is 1. The molecular weight excluding hydrogens is 632 g/mol. The number of Topliss-reactive ketones (excluding diaryl/α,β-unsaturated/α-hetero) is 1. The van der Waals surface area contributed by atoms with Crippen molar-refractivity contribution in [1.82, 2.24) is 4.98 Å². The number of anilines is 1. The first kappa shape index (κ1) is 31.1. The van der Waals surface area contributed by atoms with Crippen molar-refractivity contribution >= 4 is 44.1 Å². The number of thiazole rings is 1. The van der Waals surface area contributed by atoms with Crippen LogP contribution < -0.4 is 28.6 Å². The van der Waals surface area contributed by atoms with Crippen molar-refractivity contribution in [1.29, 1.82) is 0 Å². The van der Waals surface area contributed by atoms with Gasteiger partial charge in [0.2, 0.25) is 0 Å². The second kappa shape index (κ2) is 13.3. The Bertz CT molecular complexity index is 2040. The minimum Gasteiger partial charge on any atom is -0.507 e. The minimum atomic E-state index is -1.03. The van der Waals surface area contributed by atoms with E-state index in [-0.39, 0.29) is 11.3 Å². The van der Waals surface area contributed by atoms with Crippen LogP contribution in [0.5, 0.6) is 28.7 Å². The lowest BCUT2D eigenvalue weighted by Gasteiger charge is -2.24. The maximum absolute atomic E-state index is 13.9. The molecule has 0 aliphatic carbocycles. The second-order valence-electron chi connectivity index (χ2n) is 11.0. The molecule has 10 nitrogen and oxygen atoms in total. The zero-order valence-corrected chi connectivity index (χ0v) is 27.1. The number of carbonyl (C=O) groups excluding carboxylic acids is 2. The van der Waals surface area contributed by atoms with Gasteiger partial charge in [0.1, 0.15) is 31.3 Å². The molecule has 1 fully saturated rings. The Morgan fingerprint density at radius 2 is 1.67 bits per heavy atom. The van der Waals surface area contributed by atoms with Crippen LogP contribution in [0.1, 0.15) is 36.6 Å². The van der Waals surface area contributed by atoms with Gasteiger partial charge in [0.15, 0.2) is 28.1 Å². The highest BCUT2D eigenvalue weighted by Gasteiger charge is 2.48. The van der Waals surface area contributed by atoms with Gasteiger partial charge >= 0.3 is 5.91 Å². The summed E-state index contributed by atoms with van der Waals surface area (Å²) in [7, 11) is 0. The number of ketones is 1. The van der Waals surface area contributed by atoms with Crippen LogP contribution in [0.3, 0.4) is 0 Å². The topological polar surface area (TPSA) is 117 Å². The first-order chi connectivity index (χ1) is 23.4. The van der Waals surface area contributed by atoms with Crippen LogP contribution >= 0.6 is 11.3 Å². The van der Waals surface area contributed by atoms with Crippen LogP contribution in [-0.4, -0.2) is 48.2 Å². The van der Waals surface area contributed by atoms with Crippen molar-refractivity contribution in [2.24, 2.45) is 0 Å². The molecule has 0 unspecified atom stereocenters. The highest BCUT2D eigenvalue weighted by molar-refractivity contribution is 7.22. The summed E-state index contributed by atoms with van der Waals surface area (Å²) >= 11 is 1.26. The standard InChI is InChI=1S/C37H32N2O8S/c1-3-43-25-12-13-26-31(20-25)48-37(38-26)39-33(23-10-14-28(29(18-23)44-4-2)47-21-22-8-6-5-7-9-22)32(35(41)36(39)42)34(40)24-11-15-27-30(19-24)46-17-16-45-27/h5-15,18-20,33,40H,3-4,16-17,21H2,1-2H3/t33-/m1/s1. The fourth-order valence-electron chi connectivity index (χ4n) is 5.76. The maximum Gasteiger partial charge on any atom is 0.301 e. The summed E-state index contributed by atoms with van der Waals surface area (Å²) in [5.74, 6) is 0.562. The summed E-state index contributed by atoms with van der Waals surface area (Å²) in [6.45, 7) is 5.69. The zero-order valence-electron chi connectivity index (χ0n) is 26.3. The highest BCUT2D eigenvalue weighted by atomic mass is 32.1. The number of aliphatic hydroxyl groups excluding tert-OH is 1. The lowest BCUT2D eigenvalue weighted by atomic mass is 9.95. The van der Waals surface area contributed by atoms with Gasteiger partial charge in [0, 0.05) is 5.56 Å². The van der Waals surface area contributed by atoms with Gasteiger partial charge in [-0.05, 0) is 73.5 Å². The van der Waals surface area contributed by atoms with Crippen LogP contribution in [0, 0.1) is 0 Å². The molecule has 11 heteroatoms. The summed E-state index contributed by atoms with van der Waals surface area (Å²) in [5.41, 5.74) is 2.37. The molecule has 2 aliphatic heterocycles. The maximum atomic E-state index is 13.9. The van der Waals surface area contributed by atoms with E-state index in [1.807, 2.05) is 62.4 Å². The van der Waals surface area contributed by atoms with E-state index in [1.165, 1.54) is 16.2 Å². The quantitative estimate of drug-likeness (QED) is 0.0951. The van der Waals surface area contributed by atoms with Crippen molar-refractivity contribution in [3.8, 4) is 28.7 Å². The number of fused-ring (bicyclic) bond motifs is 2. The molecule has 1 aromatic heterocycles. The van der Waals surface area contributed by atoms with Crippen molar-refractivity contribution in [2.45, 2.75) is 26.5 Å². The van der Waals surface area contributed by atoms with Gasteiger partial charge in [-0.15, -0.1) is 0 Å². The van der Waals surface area contributed by atoms with Gasteiger partial charge in [-0.3, -0.25) is 14.5 Å². The molecule has 1 N–H and O–H groups in total. The number of hydrogen-bond acceptors (Lipinski definition) is 10. The smallest absolute Gasteiger partial charge is 0.301 e. The van der Waals surface area contributed by atoms with Crippen molar-refractivity contribution in [2.75, 3.05) is 31.3 Å². The summed E-state index contributed by atoms with van der Waals surface area (Å²) in [4.78, 5) is 33.9. The predicted molar refractivity (Wildman–Crippen MR) is 181 cm³/mol. The minimum absolute atomic E-state index is 0.0914. The third-order valence-electron chi connectivity index (χ3n) is 7.95. The first-order valence-corrected chi connectivity index (χ1v) is 16.4. The Labute approximate surface area is 280 Å². The van der Waals surface area contributed by atoms with Crippen LogP contribution in [0.4, 0.5) is 5.13 Å². The number of rotatable bonds is 10. The van der Waals surface area contributed by atoms with E-state index < -0.39 is 17.7 Å². The number of amides is 1. The van der Waals surface area contributed by atoms with Crippen molar-refractivity contribution in [3.63, 3.8) is 0 Å². The summed E-state index contributed by atoms with van der Waals surface area (Å²) in [5, 5.41) is 12.1. The fourth-order valence-corrected chi connectivity index (χ4v) is 6.78. The Hall–Kier alpha value is -5.55. The summed E-state index contributed by atoms with van der Waals surface area (Å²) in [6.07, 6.45) is 0. The molecular formula is C37H32N2O8S. The number of nitrogens with zero attached hydrogens (tertiary/aromatic N) is 2. The van der Waals surface area contributed by atoms with Crippen LogP contribution in [0.2, 0.25) is 0 Å². The largest absolute Gasteiger partial charge is 0.507 e. The van der Waals surface area contributed by atoms with Crippen molar-refractivity contribution in [3.05, 3.63) is 107 Å². The van der Waals surface area contributed by atoms with E-state index in [2.05, 4.69) is 0 Å². The number of benzene rings is 4. The molecule has 0 saturated carbocycles. The highest BCUT2D eigenvalue weighted by Crippen LogP contribution is 2.47. The SMILES string of the molecule is CCOc1ccc2nc(N3C(=O)C(=O)C(=C(O)c4ccc5c(c4)OCCO5)[C@H]3c3ccc(OCc4ccccc4)c(OCC)c3)sc2c1. The molecule has 7 rings (SSSR count). The Morgan fingerprint density at radius 3 is 2.46 bits per heavy atom. The lowest BCUT2D eigenvalue weighted by molar-refractivity contribution is -0.132. The first-order valence-electron chi connectivity index (χ1n) is 15.6. The molecule has 5 aromatic rings. The lowest BCUT2D eigenvalue weighted by Crippen LogP contribution is -2.29. The van der Waals surface area contributed by atoms with E-state index in [1.54, 1.807) is 36.4 Å². The number of ether oxygens (including phenoxy) is 5. The molecule has 48 heavy (non-hydrogen) atoms. The van der Waals surface area contributed by atoms with Crippen LogP contribution in [0.25, 0.3) is 16.0 Å². The second-order valence-corrected chi connectivity index (χ2v) is 12.0. The molecule has 0 spiro atoms. The normalized spacial score (nSPS) is 16.7. The van der Waals surface area contributed by atoms with Gasteiger partial charge in [-0.2, -0.15) is 0 Å². The Balaban J connectivity index is 1.35. The Morgan fingerprint density at radius 1 is 0.875 bits per heavy atom. The molecule has 3 heterocycles.